The first-order valence-electron chi connectivity index (χ1n) is 8.99. The molecule has 136 valence electrons. The van der Waals surface area contributed by atoms with Crippen LogP contribution in [0.3, 0.4) is 0 Å². The van der Waals surface area contributed by atoms with E-state index >= 15 is 0 Å². The Morgan fingerprint density at radius 3 is 2.52 bits per heavy atom. The van der Waals surface area contributed by atoms with Crippen molar-refractivity contribution in [2.45, 2.75) is 20.0 Å². The van der Waals surface area contributed by atoms with Gasteiger partial charge in [-0.25, -0.2) is 0 Å². The second-order valence-electron chi connectivity index (χ2n) is 7.20. The summed E-state index contributed by atoms with van der Waals surface area (Å²) in [5.41, 5.74) is 1.08. The fourth-order valence-corrected chi connectivity index (χ4v) is 3.84. The van der Waals surface area contributed by atoms with Crippen molar-refractivity contribution in [3.05, 3.63) is 42.6 Å². The Morgan fingerprint density at radius 2 is 1.74 bits per heavy atom. The molecule has 0 aliphatic carbocycles. The first kappa shape index (κ1) is 16.0. The summed E-state index contributed by atoms with van der Waals surface area (Å²) in [6.45, 7) is 4.14. The van der Waals surface area contributed by atoms with Crippen LogP contribution < -0.4 is 18.8 Å². The van der Waals surface area contributed by atoms with Crippen LogP contribution in [-0.4, -0.2) is 18.0 Å². The summed E-state index contributed by atoms with van der Waals surface area (Å²) in [7, 11) is 2.03. The van der Waals surface area contributed by atoms with E-state index in [0.29, 0.717) is 5.75 Å². The first-order valence-corrected chi connectivity index (χ1v) is 8.99. The van der Waals surface area contributed by atoms with Gasteiger partial charge in [-0.2, -0.15) is 4.57 Å². The highest BCUT2D eigenvalue weighted by Crippen LogP contribution is 2.40. The van der Waals surface area contributed by atoms with Crippen LogP contribution in [0.15, 0.2) is 42.6 Å². The third-order valence-corrected chi connectivity index (χ3v) is 4.95. The van der Waals surface area contributed by atoms with E-state index in [2.05, 4.69) is 22.9 Å². The van der Waals surface area contributed by atoms with Crippen molar-refractivity contribution in [3.63, 3.8) is 0 Å². The van der Waals surface area contributed by atoms with Gasteiger partial charge in [-0.3, -0.25) is 0 Å². The molecule has 27 heavy (non-hydrogen) atoms. The Morgan fingerprint density at radius 1 is 0.963 bits per heavy atom. The zero-order chi connectivity index (χ0) is 18.7. The second kappa shape index (κ2) is 5.64. The van der Waals surface area contributed by atoms with Gasteiger partial charge in [0.25, 0.3) is 0 Å². The summed E-state index contributed by atoms with van der Waals surface area (Å²) < 4.78 is 18.9. The molecular formula is C22H20NO4+. The molecule has 0 amide bonds. The van der Waals surface area contributed by atoms with Crippen LogP contribution in [0.25, 0.3) is 32.4 Å². The largest absolute Gasteiger partial charge is 0.504 e. The number of rotatable bonds is 2. The Balaban J connectivity index is 1.85. The molecule has 0 bridgehead atoms. The maximum absolute atomic E-state index is 10.5. The summed E-state index contributed by atoms with van der Waals surface area (Å²) >= 11 is 0. The first-order chi connectivity index (χ1) is 13.0. The standard InChI is InChI=1S/C22H19NO4/c1-12(2)27-19-7-14-10-23(3)22-15(16(14)8-18(19)24)5-4-13-6-20-21(9-17(13)22)26-11-25-20/h4-10,12H,11H2,1-3H3/p+1. The van der Waals surface area contributed by atoms with Gasteiger partial charge in [0.1, 0.15) is 7.05 Å². The van der Waals surface area contributed by atoms with Crippen LogP contribution in [0.5, 0.6) is 23.0 Å². The fraction of sp³-hybridized carbons (Fsp3) is 0.227. The molecule has 0 saturated carbocycles. The van der Waals surface area contributed by atoms with Gasteiger partial charge < -0.3 is 19.3 Å². The number of pyridine rings is 1. The molecule has 1 aromatic heterocycles. The van der Waals surface area contributed by atoms with Gasteiger partial charge in [0.15, 0.2) is 29.2 Å². The highest BCUT2D eigenvalue weighted by atomic mass is 16.7. The average molecular weight is 362 g/mol. The fourth-order valence-electron chi connectivity index (χ4n) is 3.84. The van der Waals surface area contributed by atoms with Gasteiger partial charge in [0.05, 0.1) is 22.3 Å². The van der Waals surface area contributed by atoms with E-state index in [4.69, 9.17) is 14.2 Å². The number of aromatic hydroxyl groups is 1. The Bertz CT molecular complexity index is 1230. The highest BCUT2D eigenvalue weighted by molar-refractivity contribution is 6.14. The van der Waals surface area contributed by atoms with Crippen LogP contribution in [0.2, 0.25) is 0 Å². The van der Waals surface area contributed by atoms with Gasteiger partial charge in [-0.1, -0.05) is 6.07 Å². The normalized spacial score (nSPS) is 13.2. The lowest BCUT2D eigenvalue weighted by molar-refractivity contribution is -0.642. The molecule has 0 fully saturated rings. The lowest BCUT2D eigenvalue weighted by atomic mass is 10.0. The number of nitrogens with zero attached hydrogens (tertiary/aromatic N) is 1. The van der Waals surface area contributed by atoms with Gasteiger partial charge in [0, 0.05) is 5.39 Å². The molecule has 0 spiro atoms. The Hall–Kier alpha value is -3.21. The van der Waals surface area contributed by atoms with E-state index in [1.807, 2.05) is 39.1 Å². The number of fused-ring (bicyclic) bond motifs is 6. The molecule has 1 aliphatic heterocycles. The van der Waals surface area contributed by atoms with Crippen molar-refractivity contribution in [1.82, 2.24) is 0 Å². The van der Waals surface area contributed by atoms with Crippen LogP contribution >= 0.6 is 0 Å². The molecule has 1 N–H and O–H groups in total. The predicted octanol–water partition coefficient (Wildman–Crippen LogP) is 4.19. The van der Waals surface area contributed by atoms with E-state index in [1.54, 1.807) is 6.07 Å². The number of aryl methyl sites for hydroxylation is 1. The molecule has 3 aromatic carbocycles. The summed E-state index contributed by atoms with van der Waals surface area (Å²) in [6, 6.07) is 11.9. The zero-order valence-electron chi connectivity index (χ0n) is 15.4. The molecule has 0 atom stereocenters. The minimum Gasteiger partial charge on any atom is -0.504 e. The minimum absolute atomic E-state index is 0.00388. The van der Waals surface area contributed by atoms with Gasteiger partial charge in [-0.15, -0.1) is 0 Å². The maximum atomic E-state index is 10.5. The SMILES string of the molecule is CC(C)Oc1cc2c[n+](C)c3c4cc5c(cc4ccc3c2cc1O)OCO5. The van der Waals surface area contributed by atoms with Crippen LogP contribution in [0.4, 0.5) is 0 Å². The number of phenolic OH excluding ortho intramolecular Hbond substituents is 1. The molecular weight excluding hydrogens is 342 g/mol. The smallest absolute Gasteiger partial charge is 0.231 e. The van der Waals surface area contributed by atoms with Crippen molar-refractivity contribution >= 4 is 32.4 Å². The van der Waals surface area contributed by atoms with E-state index in [0.717, 1.165) is 43.9 Å². The van der Waals surface area contributed by atoms with E-state index in [1.165, 1.54) is 0 Å². The molecule has 2 heterocycles. The monoisotopic (exact) mass is 362 g/mol. The van der Waals surface area contributed by atoms with Crippen molar-refractivity contribution < 1.29 is 23.9 Å². The van der Waals surface area contributed by atoms with E-state index in [9.17, 15) is 5.11 Å². The number of hydrogen-bond donors (Lipinski definition) is 1. The van der Waals surface area contributed by atoms with Crippen LogP contribution in [0, 0.1) is 0 Å². The molecule has 1 aliphatic rings. The molecule has 4 aromatic rings. The maximum Gasteiger partial charge on any atom is 0.231 e. The summed E-state index contributed by atoms with van der Waals surface area (Å²) in [6.07, 6.45) is 2.06. The number of aromatic nitrogens is 1. The van der Waals surface area contributed by atoms with E-state index in [-0.39, 0.29) is 18.6 Å². The number of phenols is 1. The third kappa shape index (κ3) is 2.42. The Kier molecular flexibility index (Phi) is 3.34. The van der Waals surface area contributed by atoms with Crippen molar-refractivity contribution in [2.75, 3.05) is 6.79 Å². The topological polar surface area (TPSA) is 51.8 Å². The zero-order valence-corrected chi connectivity index (χ0v) is 15.4. The van der Waals surface area contributed by atoms with Crippen LogP contribution in [0.1, 0.15) is 13.8 Å². The number of ether oxygens (including phenoxy) is 3. The molecule has 5 rings (SSSR count). The Labute approximate surface area is 156 Å². The number of benzene rings is 3. The predicted molar refractivity (Wildman–Crippen MR) is 104 cm³/mol. The third-order valence-electron chi connectivity index (χ3n) is 4.95. The molecule has 5 heteroatoms. The van der Waals surface area contributed by atoms with Gasteiger partial charge >= 0.3 is 0 Å². The lowest BCUT2D eigenvalue weighted by Crippen LogP contribution is -2.28. The summed E-state index contributed by atoms with van der Waals surface area (Å²) in [5.74, 6) is 2.19. The minimum atomic E-state index is -0.00388. The van der Waals surface area contributed by atoms with Crippen LogP contribution in [-0.2, 0) is 7.05 Å². The summed E-state index contributed by atoms with van der Waals surface area (Å²) in [4.78, 5) is 0. The quantitative estimate of drug-likeness (QED) is 0.429. The molecule has 0 radical (unpaired) electrons. The number of hydrogen-bond acceptors (Lipinski definition) is 4. The van der Waals surface area contributed by atoms with Gasteiger partial charge in [-0.05, 0) is 49.6 Å². The summed E-state index contributed by atoms with van der Waals surface area (Å²) in [5, 5.41) is 15.7. The van der Waals surface area contributed by atoms with Crippen molar-refractivity contribution in [3.8, 4) is 23.0 Å². The van der Waals surface area contributed by atoms with Gasteiger partial charge in [0.2, 0.25) is 12.3 Å². The van der Waals surface area contributed by atoms with Crippen molar-refractivity contribution in [2.24, 2.45) is 7.05 Å². The van der Waals surface area contributed by atoms with Crippen molar-refractivity contribution in [1.29, 1.82) is 0 Å². The van der Waals surface area contributed by atoms with E-state index < -0.39 is 0 Å². The molecule has 5 nitrogen and oxygen atoms in total. The second-order valence-corrected chi connectivity index (χ2v) is 7.20. The lowest BCUT2D eigenvalue weighted by Gasteiger charge is -2.13. The average Bonchev–Trinajstić information content (AvgIpc) is 3.07. The molecule has 0 saturated heterocycles. The molecule has 0 unspecified atom stereocenters. The highest BCUT2D eigenvalue weighted by Gasteiger charge is 2.21.